The van der Waals surface area contributed by atoms with Crippen molar-refractivity contribution in [3.63, 3.8) is 0 Å². The molecule has 2 amide bonds. The lowest BCUT2D eigenvalue weighted by Gasteiger charge is -2.40. The number of piperazine rings is 1. The second kappa shape index (κ2) is 10.1. The van der Waals surface area contributed by atoms with E-state index in [2.05, 4.69) is 29.3 Å². The topological polar surface area (TPSA) is 35.6 Å². The summed E-state index contributed by atoms with van der Waals surface area (Å²) < 4.78 is 0. The Morgan fingerprint density at radius 2 is 1.79 bits per heavy atom. The van der Waals surface area contributed by atoms with Gasteiger partial charge in [0.15, 0.2) is 0 Å². The number of hydrogen-bond acceptors (Lipinski definition) is 2. The molecule has 0 aliphatic carbocycles. The Morgan fingerprint density at radius 1 is 1.07 bits per heavy atom. The average Bonchev–Trinajstić information content (AvgIpc) is 2.71. The minimum Gasteiger partial charge on any atom is -0.338 e. The standard InChI is InChI=1S/C22H27Cl2N3O/c1-2-3-11-25-22(28)27-14-12-26(13-15-27)21(17-7-5-4-6-8-17)19-10-9-18(23)16-20(19)24/h4-10,16,21H,2-3,11-15H2,1H3,(H,25,28). The summed E-state index contributed by atoms with van der Waals surface area (Å²) in [6, 6.07) is 16.1. The molecule has 0 spiro atoms. The van der Waals surface area contributed by atoms with Crippen LogP contribution in [0.5, 0.6) is 0 Å². The first-order valence-electron chi connectivity index (χ1n) is 9.87. The zero-order chi connectivity index (χ0) is 19.9. The van der Waals surface area contributed by atoms with E-state index < -0.39 is 0 Å². The summed E-state index contributed by atoms with van der Waals surface area (Å²) in [6.45, 7) is 5.84. The third-order valence-electron chi connectivity index (χ3n) is 5.15. The van der Waals surface area contributed by atoms with E-state index in [0.717, 1.165) is 38.0 Å². The molecule has 0 saturated carbocycles. The number of rotatable bonds is 6. The highest BCUT2D eigenvalue weighted by Gasteiger charge is 2.29. The maximum absolute atomic E-state index is 12.3. The van der Waals surface area contributed by atoms with Crippen molar-refractivity contribution in [2.75, 3.05) is 32.7 Å². The van der Waals surface area contributed by atoms with Gasteiger partial charge >= 0.3 is 6.03 Å². The molecule has 1 N–H and O–H groups in total. The zero-order valence-electron chi connectivity index (χ0n) is 16.2. The van der Waals surface area contributed by atoms with Gasteiger partial charge in [0.2, 0.25) is 0 Å². The maximum atomic E-state index is 12.3. The van der Waals surface area contributed by atoms with Gasteiger partial charge in [0.1, 0.15) is 0 Å². The van der Waals surface area contributed by atoms with Crippen molar-refractivity contribution in [2.45, 2.75) is 25.8 Å². The molecular weight excluding hydrogens is 393 g/mol. The third-order valence-corrected chi connectivity index (χ3v) is 5.71. The molecule has 0 radical (unpaired) electrons. The van der Waals surface area contributed by atoms with Crippen LogP contribution in [-0.4, -0.2) is 48.6 Å². The molecular formula is C22H27Cl2N3O. The summed E-state index contributed by atoms with van der Waals surface area (Å²) in [5, 5.41) is 4.31. The molecule has 28 heavy (non-hydrogen) atoms. The van der Waals surface area contributed by atoms with E-state index in [-0.39, 0.29) is 12.1 Å². The summed E-state index contributed by atoms with van der Waals surface area (Å²) in [6.07, 6.45) is 2.09. The van der Waals surface area contributed by atoms with Crippen LogP contribution in [0.25, 0.3) is 0 Å². The quantitative estimate of drug-likeness (QED) is 0.652. The minimum absolute atomic E-state index is 0.0360. The van der Waals surface area contributed by atoms with Gasteiger partial charge in [0.05, 0.1) is 6.04 Å². The molecule has 1 aliphatic heterocycles. The molecule has 0 bridgehead atoms. The van der Waals surface area contributed by atoms with Gasteiger partial charge in [-0.2, -0.15) is 0 Å². The predicted octanol–water partition coefficient (Wildman–Crippen LogP) is 5.21. The van der Waals surface area contributed by atoms with Crippen molar-refractivity contribution in [3.8, 4) is 0 Å². The Labute approximate surface area is 177 Å². The number of benzene rings is 2. The first-order chi connectivity index (χ1) is 13.6. The predicted molar refractivity (Wildman–Crippen MR) is 116 cm³/mol. The molecule has 1 atom stereocenters. The summed E-state index contributed by atoms with van der Waals surface area (Å²) in [7, 11) is 0. The minimum atomic E-state index is 0.0360. The van der Waals surface area contributed by atoms with Crippen LogP contribution in [0.4, 0.5) is 4.79 Å². The van der Waals surface area contributed by atoms with Crippen LogP contribution in [0.1, 0.15) is 36.9 Å². The molecule has 1 heterocycles. The number of hydrogen-bond donors (Lipinski definition) is 1. The van der Waals surface area contributed by atoms with Gasteiger partial charge in [-0.1, -0.05) is 72.9 Å². The summed E-state index contributed by atoms with van der Waals surface area (Å²) in [4.78, 5) is 16.6. The summed E-state index contributed by atoms with van der Waals surface area (Å²) in [5.74, 6) is 0. The van der Waals surface area contributed by atoms with Crippen LogP contribution in [-0.2, 0) is 0 Å². The summed E-state index contributed by atoms with van der Waals surface area (Å²) in [5.41, 5.74) is 2.23. The molecule has 6 heteroatoms. The van der Waals surface area contributed by atoms with E-state index in [9.17, 15) is 4.79 Å². The number of carbonyl (C=O) groups is 1. The first-order valence-corrected chi connectivity index (χ1v) is 10.6. The van der Waals surface area contributed by atoms with Gasteiger partial charge in [0.25, 0.3) is 0 Å². The number of amides is 2. The fourth-order valence-electron chi connectivity index (χ4n) is 3.61. The van der Waals surface area contributed by atoms with Gasteiger partial charge in [0, 0.05) is 42.8 Å². The van der Waals surface area contributed by atoms with E-state index in [1.807, 2.05) is 35.2 Å². The zero-order valence-corrected chi connectivity index (χ0v) is 17.7. The van der Waals surface area contributed by atoms with Gasteiger partial charge in [-0.25, -0.2) is 4.79 Å². The smallest absolute Gasteiger partial charge is 0.317 e. The van der Waals surface area contributed by atoms with E-state index >= 15 is 0 Å². The Bertz CT molecular complexity index is 777. The molecule has 150 valence electrons. The Kier molecular flexibility index (Phi) is 7.60. The fraction of sp³-hybridized carbons (Fsp3) is 0.409. The number of halogens is 2. The number of urea groups is 1. The lowest BCUT2D eigenvalue weighted by atomic mass is 9.96. The largest absolute Gasteiger partial charge is 0.338 e. The fourth-order valence-corrected chi connectivity index (χ4v) is 4.12. The third kappa shape index (κ3) is 5.19. The van der Waals surface area contributed by atoms with Crippen LogP contribution in [0.15, 0.2) is 48.5 Å². The molecule has 2 aromatic rings. The van der Waals surface area contributed by atoms with Gasteiger partial charge in [-0.05, 0) is 29.7 Å². The van der Waals surface area contributed by atoms with Crippen molar-refractivity contribution in [3.05, 3.63) is 69.7 Å². The van der Waals surface area contributed by atoms with Crippen LogP contribution < -0.4 is 5.32 Å². The summed E-state index contributed by atoms with van der Waals surface area (Å²) >= 11 is 12.7. The highest BCUT2D eigenvalue weighted by Crippen LogP contribution is 2.35. The van der Waals surface area contributed by atoms with Crippen molar-refractivity contribution >= 4 is 29.2 Å². The Hall–Kier alpha value is -1.75. The van der Waals surface area contributed by atoms with Gasteiger partial charge in [-0.3, -0.25) is 4.90 Å². The van der Waals surface area contributed by atoms with Crippen LogP contribution in [0, 0.1) is 0 Å². The average molecular weight is 420 g/mol. The number of unbranched alkanes of at least 4 members (excludes halogenated alkanes) is 1. The highest BCUT2D eigenvalue weighted by atomic mass is 35.5. The molecule has 2 aromatic carbocycles. The molecule has 1 fully saturated rings. The van der Waals surface area contributed by atoms with E-state index in [0.29, 0.717) is 23.1 Å². The molecule has 1 saturated heterocycles. The van der Waals surface area contributed by atoms with Crippen LogP contribution >= 0.6 is 23.2 Å². The molecule has 0 aromatic heterocycles. The molecule has 4 nitrogen and oxygen atoms in total. The van der Waals surface area contributed by atoms with E-state index in [4.69, 9.17) is 23.2 Å². The van der Waals surface area contributed by atoms with Gasteiger partial charge < -0.3 is 10.2 Å². The van der Waals surface area contributed by atoms with E-state index in [1.165, 1.54) is 5.56 Å². The van der Waals surface area contributed by atoms with Crippen LogP contribution in [0.2, 0.25) is 10.0 Å². The number of nitrogens with one attached hydrogen (secondary N) is 1. The normalized spacial score (nSPS) is 16.0. The van der Waals surface area contributed by atoms with Crippen molar-refractivity contribution in [1.82, 2.24) is 15.1 Å². The van der Waals surface area contributed by atoms with Gasteiger partial charge in [-0.15, -0.1) is 0 Å². The number of carbonyl (C=O) groups excluding carboxylic acids is 1. The lowest BCUT2D eigenvalue weighted by molar-refractivity contribution is 0.120. The van der Waals surface area contributed by atoms with Crippen molar-refractivity contribution in [2.24, 2.45) is 0 Å². The lowest BCUT2D eigenvalue weighted by Crippen LogP contribution is -2.52. The number of nitrogens with zero attached hydrogens (tertiary/aromatic N) is 2. The highest BCUT2D eigenvalue weighted by molar-refractivity contribution is 6.35. The van der Waals surface area contributed by atoms with Crippen molar-refractivity contribution in [1.29, 1.82) is 0 Å². The molecule has 1 aliphatic rings. The van der Waals surface area contributed by atoms with Crippen molar-refractivity contribution < 1.29 is 4.79 Å². The maximum Gasteiger partial charge on any atom is 0.317 e. The van der Waals surface area contributed by atoms with Crippen LogP contribution in [0.3, 0.4) is 0 Å². The molecule has 1 unspecified atom stereocenters. The monoisotopic (exact) mass is 419 g/mol. The Balaban J connectivity index is 1.75. The second-order valence-electron chi connectivity index (χ2n) is 7.09. The molecule has 3 rings (SSSR count). The Morgan fingerprint density at radius 3 is 2.43 bits per heavy atom. The first kappa shape index (κ1) is 21.0. The van der Waals surface area contributed by atoms with E-state index in [1.54, 1.807) is 6.07 Å². The SMILES string of the molecule is CCCCNC(=O)N1CCN(C(c2ccccc2)c2ccc(Cl)cc2Cl)CC1. The second-order valence-corrected chi connectivity index (χ2v) is 7.93.